The standard InChI is InChI=1S/C12H11.6CO.Cr.Mn/c1-2-4-8-11(7-3-1)12-9-5-6-10-12;6*1-2;;/h1-3,5-10H,4H2;;;;;;;;. The van der Waals surface area contributed by atoms with E-state index in [-0.39, 0.29) is 34.4 Å². The molecule has 0 bridgehead atoms. The van der Waals surface area contributed by atoms with E-state index in [1.807, 2.05) is 0 Å². The zero-order valence-electron chi connectivity index (χ0n) is 13.1. The molecule has 6 nitrogen and oxygen atoms in total. The van der Waals surface area contributed by atoms with Crippen molar-refractivity contribution >= 4 is 0 Å². The third-order valence-corrected chi connectivity index (χ3v) is 1.99. The molecule has 0 atom stereocenters. The summed E-state index contributed by atoms with van der Waals surface area (Å²) in [5.74, 6) is 1.31. The Balaban J connectivity index is -0.0000000448. The minimum absolute atomic E-state index is 0. The number of rotatable bonds is 1. The van der Waals surface area contributed by atoms with E-state index in [0.29, 0.717) is 0 Å². The summed E-state index contributed by atoms with van der Waals surface area (Å²) in [5.41, 5.74) is 1.32. The second-order valence-corrected chi connectivity index (χ2v) is 2.86. The molecule has 2 rings (SSSR count). The average Bonchev–Trinajstić information content (AvgIpc) is 3.14. The largest absolute Gasteiger partial charge is 0.0807 e. The third kappa shape index (κ3) is 30.6. The predicted octanol–water partition coefficient (Wildman–Crippen LogP) is 2.60. The summed E-state index contributed by atoms with van der Waals surface area (Å²) in [6.45, 7) is 27.0. The van der Waals surface area contributed by atoms with Gasteiger partial charge < -0.3 is 0 Å². The van der Waals surface area contributed by atoms with Gasteiger partial charge in [0, 0.05) is 40.3 Å². The molecule has 0 aliphatic heterocycles. The zero-order valence-corrected chi connectivity index (χ0v) is 15.6. The van der Waals surface area contributed by atoms with Gasteiger partial charge in [-0.05, 0) is 37.7 Å². The van der Waals surface area contributed by atoms with Crippen LogP contribution >= 0.6 is 0 Å². The molecule has 0 aromatic rings. The van der Waals surface area contributed by atoms with Crippen LogP contribution in [0.2, 0.25) is 0 Å². The summed E-state index contributed by atoms with van der Waals surface area (Å²) < 4.78 is 45.0. The van der Waals surface area contributed by atoms with Crippen molar-refractivity contribution < 1.29 is 62.3 Å². The number of hydrogen-bond acceptors (Lipinski definition) is 0. The Morgan fingerprint density at radius 3 is 1.42 bits per heavy atom. The van der Waals surface area contributed by atoms with Crippen LogP contribution in [0.1, 0.15) is 6.42 Å². The molecule has 26 heavy (non-hydrogen) atoms. The maximum Gasteiger partial charge on any atom is 0.0121 e. The molecule has 1 saturated carbocycles. The van der Waals surface area contributed by atoms with Gasteiger partial charge in [0.1, 0.15) is 0 Å². The molecule has 1 fully saturated rings. The van der Waals surface area contributed by atoms with Crippen molar-refractivity contribution in [2.75, 3.05) is 0 Å². The molecule has 0 aromatic heterocycles. The van der Waals surface area contributed by atoms with Crippen LogP contribution in [-0.2, 0) is 62.3 Å². The number of hydrogen-bond donors (Lipinski definition) is 0. The molecule has 0 heterocycles. The summed E-state index contributed by atoms with van der Waals surface area (Å²) in [6.07, 6.45) is 20.2. The minimum atomic E-state index is 0. The van der Waals surface area contributed by atoms with Gasteiger partial charge in [-0.1, -0.05) is 30.4 Å². The van der Waals surface area contributed by atoms with Gasteiger partial charge in [-0.3, -0.25) is 0 Å². The molecule has 2 aliphatic carbocycles. The average molecular weight is 430 g/mol. The van der Waals surface area contributed by atoms with E-state index >= 15 is 0 Å². The minimum Gasteiger partial charge on any atom is -0.0807 e. The molecule has 0 N–H and O–H groups in total. The van der Waals surface area contributed by atoms with Crippen molar-refractivity contribution in [3.63, 3.8) is 0 Å². The SMILES string of the molecule is [C-]#[O+].[C-]#[O+].[C-]#[O+].[C-]#[O+].[C-]#[O+].[C-]#[O+].[CH]1[CH][CH][C](C2=CCC=CC=C2)[CH]1.[Cr].[Mn]. The van der Waals surface area contributed by atoms with Gasteiger partial charge in [-0.15, -0.1) is 0 Å². The monoisotopic (exact) mass is 430 g/mol. The van der Waals surface area contributed by atoms with Gasteiger partial charge in [-0.2, -0.15) is 0 Å². The summed E-state index contributed by atoms with van der Waals surface area (Å²) in [5, 5.41) is 0. The third-order valence-electron chi connectivity index (χ3n) is 1.99. The van der Waals surface area contributed by atoms with Gasteiger partial charge in [0.2, 0.25) is 0 Å². The summed E-state index contributed by atoms with van der Waals surface area (Å²) in [7, 11) is 0. The van der Waals surface area contributed by atoms with Crippen molar-refractivity contribution in [3.8, 4) is 0 Å². The quantitative estimate of drug-likeness (QED) is 0.345. The van der Waals surface area contributed by atoms with E-state index in [0.717, 1.165) is 6.42 Å². The molecule has 132 valence electrons. The van der Waals surface area contributed by atoms with Gasteiger partial charge in [0.05, 0.1) is 0 Å². The molecule has 0 amide bonds. The Labute approximate surface area is 176 Å². The summed E-state index contributed by atoms with van der Waals surface area (Å²) in [6, 6.07) is 0. The van der Waals surface area contributed by atoms with Crippen LogP contribution in [0, 0.1) is 71.5 Å². The van der Waals surface area contributed by atoms with Crippen LogP contribution in [0.15, 0.2) is 36.0 Å². The molecular weight excluding hydrogens is 419 g/mol. The predicted molar refractivity (Wildman–Crippen MR) is 75.0 cm³/mol. The van der Waals surface area contributed by atoms with Crippen LogP contribution in [-0.4, -0.2) is 0 Å². The second-order valence-electron chi connectivity index (χ2n) is 2.86. The van der Waals surface area contributed by atoms with Gasteiger partial charge in [0.25, 0.3) is 0 Å². The fraction of sp³-hybridized carbons (Fsp3) is 0.0556. The fourth-order valence-electron chi connectivity index (χ4n) is 1.36. The molecule has 0 spiro atoms. The Morgan fingerprint density at radius 1 is 0.654 bits per heavy atom. The summed E-state index contributed by atoms with van der Waals surface area (Å²) >= 11 is 0. The van der Waals surface area contributed by atoms with Crippen molar-refractivity contribution in [2.45, 2.75) is 6.42 Å². The summed E-state index contributed by atoms with van der Waals surface area (Å²) in [4.78, 5) is 0. The normalized spacial score (nSPS) is 11.6. The van der Waals surface area contributed by atoms with Crippen molar-refractivity contribution in [1.29, 1.82) is 0 Å². The van der Waals surface area contributed by atoms with E-state index in [4.69, 9.17) is 27.9 Å². The van der Waals surface area contributed by atoms with Crippen LogP contribution in [0.5, 0.6) is 0 Å². The topological polar surface area (TPSA) is 119 Å². The van der Waals surface area contributed by atoms with Crippen LogP contribution in [0.25, 0.3) is 0 Å². The maximum absolute atomic E-state index is 7.50. The van der Waals surface area contributed by atoms with Crippen LogP contribution in [0.3, 0.4) is 0 Å². The van der Waals surface area contributed by atoms with Crippen LogP contribution in [0.4, 0.5) is 0 Å². The fourth-order valence-corrected chi connectivity index (χ4v) is 1.36. The van der Waals surface area contributed by atoms with Crippen molar-refractivity contribution in [2.24, 2.45) is 0 Å². The molecule has 6 radical (unpaired) electrons. The Bertz CT molecular complexity index is 417. The second kappa shape index (κ2) is 56.5. The molecule has 0 saturated heterocycles. The van der Waals surface area contributed by atoms with Crippen LogP contribution < -0.4 is 0 Å². The Hall–Kier alpha value is -1.29. The first kappa shape index (κ1) is 44.3. The van der Waals surface area contributed by atoms with E-state index < -0.39 is 0 Å². The first-order valence-corrected chi connectivity index (χ1v) is 5.45. The molecule has 0 aromatic carbocycles. The van der Waals surface area contributed by atoms with Crippen molar-refractivity contribution in [1.82, 2.24) is 0 Å². The van der Waals surface area contributed by atoms with E-state index in [2.05, 4.69) is 96.0 Å². The van der Waals surface area contributed by atoms with Gasteiger partial charge in [-0.25, -0.2) is 0 Å². The molecular formula is C18H11CrMnO6. The van der Waals surface area contributed by atoms with Gasteiger partial charge >= 0.3 is 67.8 Å². The molecule has 2 aliphatic rings. The van der Waals surface area contributed by atoms with E-state index in [1.165, 1.54) is 11.5 Å². The van der Waals surface area contributed by atoms with E-state index in [9.17, 15) is 0 Å². The maximum atomic E-state index is 7.50. The Kier molecular flexibility index (Phi) is 96.3. The molecule has 8 heteroatoms. The first-order chi connectivity index (χ1) is 12.0. The molecule has 0 unspecified atom stereocenters. The Morgan fingerprint density at radius 2 is 1.04 bits per heavy atom. The zero-order chi connectivity index (χ0) is 20.2. The smallest absolute Gasteiger partial charge is 0.0121 e. The van der Waals surface area contributed by atoms with Crippen molar-refractivity contribution in [3.05, 3.63) is 107 Å². The van der Waals surface area contributed by atoms with Gasteiger partial charge in [0.15, 0.2) is 0 Å². The van der Waals surface area contributed by atoms with E-state index in [1.54, 1.807) is 0 Å². The first-order valence-electron chi connectivity index (χ1n) is 5.45. The number of allylic oxidation sites excluding steroid dienone is 6.